The van der Waals surface area contributed by atoms with Crippen molar-refractivity contribution in [3.05, 3.63) is 76.9 Å². The number of carbonyl (C=O) groups is 2. The molecule has 0 spiro atoms. The van der Waals surface area contributed by atoms with Gasteiger partial charge in [0.25, 0.3) is 0 Å². The molecule has 0 aliphatic rings. The van der Waals surface area contributed by atoms with Gasteiger partial charge in [-0.1, -0.05) is 12.1 Å². The number of phenols is 2. The first kappa shape index (κ1) is 20.3. The lowest BCUT2D eigenvalue weighted by atomic mass is 9.99. The summed E-state index contributed by atoms with van der Waals surface area (Å²) < 4.78 is 0. The second-order valence-electron chi connectivity index (χ2n) is 6.43. The van der Waals surface area contributed by atoms with Crippen LogP contribution in [0.5, 0.6) is 11.5 Å². The summed E-state index contributed by atoms with van der Waals surface area (Å²) in [5.74, 6) is -2.81. The van der Waals surface area contributed by atoms with Crippen molar-refractivity contribution in [2.75, 3.05) is 5.73 Å². The molecule has 3 aromatic carbocycles. The number of phenolic OH excluding ortho intramolecular Hbond substituents is 2. The fraction of sp³-hybridized carbons (Fsp3) is 0.0476. The third-order valence-corrected chi connectivity index (χ3v) is 4.27. The molecule has 152 valence electrons. The number of benzene rings is 3. The SMILES string of the molecule is Nc1ccc(Cc2ccc(N=Nc3ccc(O)cc3O)c(C(=O)O)c2)cc1C(=O)O. The second kappa shape index (κ2) is 8.31. The third kappa shape index (κ3) is 4.53. The Hall–Kier alpha value is -4.40. The van der Waals surface area contributed by atoms with Crippen molar-refractivity contribution in [2.24, 2.45) is 10.2 Å². The van der Waals surface area contributed by atoms with E-state index in [-0.39, 0.29) is 46.1 Å². The van der Waals surface area contributed by atoms with Gasteiger partial charge in [0.05, 0.1) is 11.1 Å². The van der Waals surface area contributed by atoms with E-state index >= 15 is 0 Å². The van der Waals surface area contributed by atoms with Gasteiger partial charge in [-0.05, 0) is 53.9 Å². The molecule has 30 heavy (non-hydrogen) atoms. The number of azo groups is 1. The molecule has 0 atom stereocenters. The van der Waals surface area contributed by atoms with Gasteiger partial charge in [-0.2, -0.15) is 0 Å². The Morgan fingerprint density at radius 2 is 1.33 bits per heavy atom. The number of anilines is 1. The van der Waals surface area contributed by atoms with E-state index < -0.39 is 11.9 Å². The van der Waals surface area contributed by atoms with Gasteiger partial charge in [0.15, 0.2) is 0 Å². The predicted molar refractivity (Wildman–Crippen MR) is 108 cm³/mol. The van der Waals surface area contributed by atoms with Gasteiger partial charge in [-0.25, -0.2) is 9.59 Å². The van der Waals surface area contributed by atoms with E-state index in [1.54, 1.807) is 12.1 Å². The average molecular weight is 407 g/mol. The van der Waals surface area contributed by atoms with E-state index in [2.05, 4.69) is 10.2 Å². The quantitative estimate of drug-likeness (QED) is 0.303. The summed E-state index contributed by atoms with van der Waals surface area (Å²) in [4.78, 5) is 22.9. The van der Waals surface area contributed by atoms with Crippen molar-refractivity contribution in [2.45, 2.75) is 6.42 Å². The maximum atomic E-state index is 11.7. The number of nitrogens with zero attached hydrogens (tertiary/aromatic N) is 2. The summed E-state index contributed by atoms with van der Waals surface area (Å²) in [6.45, 7) is 0. The van der Waals surface area contributed by atoms with Crippen LogP contribution in [0.15, 0.2) is 64.8 Å². The maximum absolute atomic E-state index is 11.7. The summed E-state index contributed by atoms with van der Waals surface area (Å²) in [5, 5.41) is 45.5. The number of carboxylic acids is 2. The summed E-state index contributed by atoms with van der Waals surface area (Å²) in [5.41, 5.74) is 7.08. The van der Waals surface area contributed by atoms with Crippen LogP contribution in [0.1, 0.15) is 31.8 Å². The van der Waals surface area contributed by atoms with E-state index in [9.17, 15) is 30.0 Å². The Bertz CT molecular complexity index is 1170. The van der Waals surface area contributed by atoms with Gasteiger partial charge < -0.3 is 26.2 Å². The molecule has 0 aliphatic carbocycles. The zero-order chi connectivity index (χ0) is 21.8. The molecule has 0 amide bonds. The highest BCUT2D eigenvalue weighted by atomic mass is 16.4. The molecule has 0 saturated heterocycles. The third-order valence-electron chi connectivity index (χ3n) is 4.27. The predicted octanol–water partition coefficient (Wildman–Crippen LogP) is 4.08. The van der Waals surface area contributed by atoms with Crippen LogP contribution in [-0.4, -0.2) is 32.4 Å². The largest absolute Gasteiger partial charge is 0.508 e. The molecule has 3 aromatic rings. The Labute approximate surface area is 170 Å². The lowest BCUT2D eigenvalue weighted by Gasteiger charge is -2.08. The molecule has 9 nitrogen and oxygen atoms in total. The van der Waals surface area contributed by atoms with Gasteiger partial charge >= 0.3 is 11.9 Å². The van der Waals surface area contributed by atoms with Crippen LogP contribution in [0.3, 0.4) is 0 Å². The molecule has 0 radical (unpaired) electrons. The molecule has 3 rings (SSSR count). The topological polar surface area (TPSA) is 166 Å². The molecule has 0 saturated carbocycles. The number of hydrogen-bond acceptors (Lipinski definition) is 7. The van der Waals surface area contributed by atoms with Crippen molar-refractivity contribution < 1.29 is 30.0 Å². The minimum absolute atomic E-state index is 0.0231. The molecule has 0 heterocycles. The smallest absolute Gasteiger partial charge is 0.337 e. The molecule has 0 fully saturated rings. The van der Waals surface area contributed by atoms with Crippen molar-refractivity contribution in [3.63, 3.8) is 0 Å². The van der Waals surface area contributed by atoms with Crippen LogP contribution < -0.4 is 5.73 Å². The minimum atomic E-state index is -1.22. The Balaban J connectivity index is 1.90. The normalized spacial score (nSPS) is 10.9. The number of hydrogen-bond donors (Lipinski definition) is 5. The van der Waals surface area contributed by atoms with Crippen LogP contribution >= 0.6 is 0 Å². The van der Waals surface area contributed by atoms with E-state index in [0.29, 0.717) is 11.1 Å². The molecule has 0 bridgehead atoms. The Morgan fingerprint density at radius 3 is 1.97 bits per heavy atom. The van der Waals surface area contributed by atoms with Crippen molar-refractivity contribution in [1.29, 1.82) is 0 Å². The monoisotopic (exact) mass is 407 g/mol. The van der Waals surface area contributed by atoms with E-state index in [1.807, 2.05) is 0 Å². The molecule has 0 aromatic heterocycles. The molecule has 6 N–H and O–H groups in total. The summed E-state index contributed by atoms with van der Waals surface area (Å²) in [6.07, 6.45) is 0.289. The summed E-state index contributed by atoms with van der Waals surface area (Å²) >= 11 is 0. The average Bonchev–Trinajstić information content (AvgIpc) is 2.69. The van der Waals surface area contributed by atoms with E-state index in [1.165, 1.54) is 36.4 Å². The highest BCUT2D eigenvalue weighted by Gasteiger charge is 2.13. The fourth-order valence-electron chi connectivity index (χ4n) is 2.79. The van der Waals surface area contributed by atoms with Crippen LogP contribution in [-0.2, 0) is 6.42 Å². The molecular formula is C21H17N3O6. The number of nitrogen functional groups attached to an aromatic ring is 1. The van der Waals surface area contributed by atoms with Crippen LogP contribution in [0.25, 0.3) is 0 Å². The number of aromatic hydroxyl groups is 2. The number of rotatable bonds is 6. The highest BCUT2D eigenvalue weighted by molar-refractivity contribution is 5.94. The van der Waals surface area contributed by atoms with Gasteiger partial charge in [0, 0.05) is 11.8 Å². The first-order valence-corrected chi connectivity index (χ1v) is 8.66. The van der Waals surface area contributed by atoms with Gasteiger partial charge in [0.2, 0.25) is 0 Å². The fourth-order valence-corrected chi connectivity index (χ4v) is 2.79. The van der Waals surface area contributed by atoms with Gasteiger partial charge in [-0.15, -0.1) is 10.2 Å². The second-order valence-corrected chi connectivity index (χ2v) is 6.43. The Morgan fingerprint density at radius 1 is 0.767 bits per heavy atom. The lowest BCUT2D eigenvalue weighted by Crippen LogP contribution is -2.04. The van der Waals surface area contributed by atoms with E-state index in [0.717, 1.165) is 6.07 Å². The first-order chi connectivity index (χ1) is 14.2. The van der Waals surface area contributed by atoms with Crippen LogP contribution in [0, 0.1) is 0 Å². The van der Waals surface area contributed by atoms with Gasteiger partial charge in [0.1, 0.15) is 22.9 Å². The van der Waals surface area contributed by atoms with E-state index in [4.69, 9.17) is 5.73 Å². The zero-order valence-corrected chi connectivity index (χ0v) is 15.5. The highest BCUT2D eigenvalue weighted by Crippen LogP contribution is 2.32. The number of carboxylic acid groups (broad SMARTS) is 2. The summed E-state index contributed by atoms with van der Waals surface area (Å²) in [6, 6.07) is 12.9. The standard InChI is InChI=1S/C21H17N3O6/c22-16-4-1-11(8-14(16)20(27)28)7-12-2-5-17(15(9-12)21(29)30)23-24-18-6-3-13(25)10-19(18)26/h1-6,8-10,25-26H,7,22H2,(H,27,28)(H,29,30). The summed E-state index contributed by atoms with van der Waals surface area (Å²) in [7, 11) is 0. The molecule has 0 unspecified atom stereocenters. The van der Waals surface area contributed by atoms with Crippen molar-refractivity contribution >= 4 is 29.0 Å². The molecule has 9 heteroatoms. The van der Waals surface area contributed by atoms with Crippen LogP contribution in [0.4, 0.5) is 17.1 Å². The van der Waals surface area contributed by atoms with Crippen molar-refractivity contribution in [3.8, 4) is 11.5 Å². The molecular weight excluding hydrogens is 390 g/mol. The van der Waals surface area contributed by atoms with Crippen molar-refractivity contribution in [1.82, 2.24) is 0 Å². The maximum Gasteiger partial charge on any atom is 0.337 e. The van der Waals surface area contributed by atoms with Crippen LogP contribution in [0.2, 0.25) is 0 Å². The molecule has 0 aliphatic heterocycles. The number of nitrogens with two attached hydrogens (primary N) is 1. The first-order valence-electron chi connectivity index (χ1n) is 8.66. The lowest BCUT2D eigenvalue weighted by molar-refractivity contribution is 0.0687. The zero-order valence-electron chi connectivity index (χ0n) is 15.5. The minimum Gasteiger partial charge on any atom is -0.508 e. The van der Waals surface area contributed by atoms with Gasteiger partial charge in [-0.3, -0.25) is 0 Å². The Kier molecular flexibility index (Phi) is 5.63. The number of aromatic carboxylic acids is 2.